The molecule has 0 saturated heterocycles. The van der Waals surface area contributed by atoms with E-state index in [1.165, 1.54) is 22.7 Å². The number of nitrogen functional groups attached to an aromatic ring is 1. The van der Waals surface area contributed by atoms with E-state index in [2.05, 4.69) is 15.2 Å². The van der Waals surface area contributed by atoms with Gasteiger partial charge in [-0.3, -0.25) is 0 Å². The predicted octanol–water partition coefficient (Wildman–Crippen LogP) is 1.24. The number of anilines is 1. The summed E-state index contributed by atoms with van der Waals surface area (Å²) >= 11 is 2.88. The van der Waals surface area contributed by atoms with Crippen molar-refractivity contribution in [1.29, 1.82) is 0 Å². The minimum Gasteiger partial charge on any atom is -0.374 e. The molecule has 0 amide bonds. The van der Waals surface area contributed by atoms with Gasteiger partial charge in [0.15, 0.2) is 5.01 Å². The second kappa shape index (κ2) is 2.55. The second-order valence-corrected chi connectivity index (χ2v) is 3.55. The normalized spacial score (nSPS) is 10.2. The summed E-state index contributed by atoms with van der Waals surface area (Å²) in [5.74, 6) is 0. The van der Waals surface area contributed by atoms with Crippen molar-refractivity contribution in [3.8, 4) is 10.7 Å². The summed E-state index contributed by atoms with van der Waals surface area (Å²) in [4.78, 5) is 4.07. The van der Waals surface area contributed by atoms with E-state index in [9.17, 15) is 0 Å². The van der Waals surface area contributed by atoms with Crippen LogP contribution in [-0.4, -0.2) is 15.2 Å². The molecular weight excluding hydrogens is 180 g/mol. The molecule has 6 heteroatoms. The summed E-state index contributed by atoms with van der Waals surface area (Å²) in [6, 6.07) is 0. The average Bonchev–Trinajstić information content (AvgIpc) is 2.55. The highest BCUT2D eigenvalue weighted by Gasteiger charge is 2.04. The van der Waals surface area contributed by atoms with Crippen molar-refractivity contribution < 1.29 is 0 Å². The van der Waals surface area contributed by atoms with E-state index < -0.39 is 0 Å². The minimum absolute atomic E-state index is 0.480. The van der Waals surface area contributed by atoms with Gasteiger partial charge in [-0.05, 0) is 0 Å². The molecule has 0 aromatic carbocycles. The lowest BCUT2D eigenvalue weighted by Gasteiger charge is -1.80. The number of hydrogen-bond donors (Lipinski definition) is 1. The molecule has 0 aliphatic rings. The molecule has 0 saturated carbocycles. The number of nitrogens with zero attached hydrogens (tertiary/aromatic N) is 3. The Morgan fingerprint density at radius 1 is 1.36 bits per heavy atom. The molecule has 4 nitrogen and oxygen atoms in total. The number of rotatable bonds is 1. The van der Waals surface area contributed by atoms with Gasteiger partial charge in [-0.15, -0.1) is 21.5 Å². The zero-order valence-corrected chi connectivity index (χ0v) is 7.02. The first-order valence-corrected chi connectivity index (χ1v) is 4.60. The smallest absolute Gasteiger partial charge is 0.203 e. The van der Waals surface area contributed by atoms with Crippen LogP contribution in [0, 0.1) is 0 Å². The molecule has 0 atom stereocenters. The van der Waals surface area contributed by atoms with Gasteiger partial charge in [0.2, 0.25) is 5.13 Å². The van der Waals surface area contributed by atoms with Gasteiger partial charge in [0.25, 0.3) is 0 Å². The van der Waals surface area contributed by atoms with Crippen LogP contribution in [0.25, 0.3) is 10.7 Å². The summed E-state index contributed by atoms with van der Waals surface area (Å²) in [7, 11) is 0. The molecular formula is C5H4N4S2. The molecule has 0 aliphatic heterocycles. The molecule has 56 valence electrons. The van der Waals surface area contributed by atoms with Crippen LogP contribution in [0.2, 0.25) is 0 Å². The Morgan fingerprint density at radius 3 is 2.82 bits per heavy atom. The van der Waals surface area contributed by atoms with E-state index in [-0.39, 0.29) is 0 Å². The first-order chi connectivity index (χ1) is 5.36. The minimum atomic E-state index is 0.480. The molecule has 11 heavy (non-hydrogen) atoms. The number of hydrogen-bond acceptors (Lipinski definition) is 6. The maximum atomic E-state index is 5.41. The van der Waals surface area contributed by atoms with Crippen molar-refractivity contribution in [3.05, 3.63) is 10.9 Å². The topological polar surface area (TPSA) is 64.7 Å². The monoisotopic (exact) mass is 184 g/mol. The van der Waals surface area contributed by atoms with Gasteiger partial charge < -0.3 is 5.73 Å². The van der Waals surface area contributed by atoms with E-state index in [1.807, 2.05) is 5.38 Å². The summed E-state index contributed by atoms with van der Waals surface area (Å²) in [6.07, 6.45) is 0. The summed E-state index contributed by atoms with van der Waals surface area (Å²) in [6.45, 7) is 0. The van der Waals surface area contributed by atoms with Gasteiger partial charge in [0, 0.05) is 5.38 Å². The SMILES string of the molecule is Nc1nnc(-c2cscn2)s1. The van der Waals surface area contributed by atoms with E-state index in [0.29, 0.717) is 5.13 Å². The molecule has 2 aromatic heterocycles. The molecule has 0 unspecified atom stereocenters. The maximum Gasteiger partial charge on any atom is 0.203 e. The van der Waals surface area contributed by atoms with Crippen molar-refractivity contribution in [2.45, 2.75) is 0 Å². The molecule has 0 aliphatic carbocycles. The van der Waals surface area contributed by atoms with Crippen LogP contribution in [-0.2, 0) is 0 Å². The van der Waals surface area contributed by atoms with Gasteiger partial charge in [0.05, 0.1) is 5.51 Å². The first kappa shape index (κ1) is 6.68. The Kier molecular flexibility index (Phi) is 1.55. The maximum absolute atomic E-state index is 5.41. The van der Waals surface area contributed by atoms with Crippen molar-refractivity contribution in [2.75, 3.05) is 5.73 Å². The van der Waals surface area contributed by atoms with Crippen LogP contribution in [0.1, 0.15) is 0 Å². The van der Waals surface area contributed by atoms with Gasteiger partial charge >= 0.3 is 0 Å². The van der Waals surface area contributed by atoms with E-state index >= 15 is 0 Å². The highest BCUT2D eigenvalue weighted by Crippen LogP contribution is 2.23. The van der Waals surface area contributed by atoms with E-state index in [0.717, 1.165) is 10.7 Å². The predicted molar refractivity (Wildman–Crippen MR) is 45.4 cm³/mol. The Balaban J connectivity index is 2.45. The molecule has 2 rings (SSSR count). The molecule has 0 bridgehead atoms. The zero-order valence-electron chi connectivity index (χ0n) is 5.39. The van der Waals surface area contributed by atoms with Gasteiger partial charge in [0.1, 0.15) is 5.69 Å². The fourth-order valence-corrected chi connectivity index (χ4v) is 1.85. The van der Waals surface area contributed by atoms with Crippen LogP contribution < -0.4 is 5.73 Å². The van der Waals surface area contributed by atoms with Crippen LogP contribution >= 0.6 is 22.7 Å². The quantitative estimate of drug-likeness (QED) is 0.724. The van der Waals surface area contributed by atoms with Crippen molar-refractivity contribution >= 4 is 27.8 Å². The average molecular weight is 184 g/mol. The summed E-state index contributed by atoms with van der Waals surface area (Å²) in [5, 5.41) is 10.7. The second-order valence-electron chi connectivity index (χ2n) is 1.82. The van der Waals surface area contributed by atoms with Gasteiger partial charge in [-0.2, -0.15) is 0 Å². The van der Waals surface area contributed by atoms with E-state index in [4.69, 9.17) is 5.73 Å². The van der Waals surface area contributed by atoms with E-state index in [1.54, 1.807) is 5.51 Å². The van der Waals surface area contributed by atoms with Crippen LogP contribution in [0.15, 0.2) is 10.9 Å². The van der Waals surface area contributed by atoms with Crippen LogP contribution in [0.3, 0.4) is 0 Å². The number of thiazole rings is 1. The zero-order chi connectivity index (χ0) is 7.68. The number of aromatic nitrogens is 3. The van der Waals surface area contributed by atoms with Crippen molar-refractivity contribution in [3.63, 3.8) is 0 Å². The lowest BCUT2D eigenvalue weighted by Crippen LogP contribution is -1.80. The van der Waals surface area contributed by atoms with Gasteiger partial charge in [-0.25, -0.2) is 4.98 Å². The highest BCUT2D eigenvalue weighted by molar-refractivity contribution is 7.18. The molecule has 2 N–H and O–H groups in total. The highest BCUT2D eigenvalue weighted by atomic mass is 32.1. The third-order valence-electron chi connectivity index (χ3n) is 1.09. The summed E-state index contributed by atoms with van der Waals surface area (Å²) in [5.41, 5.74) is 8.01. The molecule has 0 spiro atoms. The van der Waals surface area contributed by atoms with Crippen molar-refractivity contribution in [1.82, 2.24) is 15.2 Å². The largest absolute Gasteiger partial charge is 0.374 e. The first-order valence-electron chi connectivity index (χ1n) is 2.84. The number of nitrogens with two attached hydrogens (primary N) is 1. The molecule has 0 fully saturated rings. The third kappa shape index (κ3) is 1.22. The van der Waals surface area contributed by atoms with Crippen molar-refractivity contribution in [2.24, 2.45) is 0 Å². The Bertz CT molecular complexity index is 339. The Labute approximate surface area is 70.7 Å². The van der Waals surface area contributed by atoms with Crippen LogP contribution in [0.4, 0.5) is 5.13 Å². The molecule has 2 aromatic rings. The van der Waals surface area contributed by atoms with Crippen LogP contribution in [0.5, 0.6) is 0 Å². The standard InChI is InChI=1S/C5H4N4S2/c6-5-9-8-4(11-5)3-1-10-2-7-3/h1-2H,(H2,6,9). The van der Waals surface area contributed by atoms with Gasteiger partial charge in [-0.1, -0.05) is 11.3 Å². The Morgan fingerprint density at radius 2 is 2.27 bits per heavy atom. The fraction of sp³-hybridized carbons (Fsp3) is 0. The molecule has 2 heterocycles. The lowest BCUT2D eigenvalue weighted by atomic mass is 10.5. The third-order valence-corrected chi connectivity index (χ3v) is 2.45. The Hall–Kier alpha value is -1.01. The summed E-state index contributed by atoms with van der Waals surface area (Å²) < 4.78 is 0. The lowest BCUT2D eigenvalue weighted by molar-refractivity contribution is 1.10. The fourth-order valence-electron chi connectivity index (χ4n) is 0.656. The molecule has 0 radical (unpaired) electrons.